The van der Waals surface area contributed by atoms with Gasteiger partial charge in [0.05, 0.1) is 22.4 Å². The molecule has 2 aromatic rings. The summed E-state index contributed by atoms with van der Waals surface area (Å²) in [7, 11) is 0. The van der Waals surface area contributed by atoms with E-state index >= 15 is 0 Å². The third-order valence-electron chi connectivity index (χ3n) is 3.14. The Bertz CT molecular complexity index is 587. The van der Waals surface area contributed by atoms with Crippen molar-refractivity contribution in [2.75, 3.05) is 6.54 Å². The first-order valence-corrected chi connectivity index (χ1v) is 7.68. The van der Waals surface area contributed by atoms with Gasteiger partial charge in [-0.1, -0.05) is 37.3 Å². The lowest BCUT2D eigenvalue weighted by Crippen LogP contribution is -2.45. The van der Waals surface area contributed by atoms with Crippen LogP contribution < -0.4 is 5.32 Å². The Morgan fingerprint density at radius 1 is 1.40 bits per heavy atom. The van der Waals surface area contributed by atoms with Gasteiger partial charge >= 0.3 is 0 Å². The molecule has 1 N–H and O–H groups in total. The van der Waals surface area contributed by atoms with Gasteiger partial charge in [-0.15, -0.1) is 0 Å². The molecule has 0 aliphatic rings. The molecule has 4 nitrogen and oxygen atoms in total. The molecule has 0 radical (unpaired) electrons. The molecule has 0 bridgehead atoms. The van der Waals surface area contributed by atoms with Gasteiger partial charge in [-0.3, -0.25) is 10.00 Å². The second-order valence-electron chi connectivity index (χ2n) is 4.67. The summed E-state index contributed by atoms with van der Waals surface area (Å²) < 4.78 is 2.89. The molecule has 0 aliphatic carbocycles. The van der Waals surface area contributed by atoms with E-state index in [9.17, 15) is 5.26 Å². The maximum atomic E-state index is 9.77. The van der Waals surface area contributed by atoms with Crippen molar-refractivity contribution in [3.8, 4) is 6.07 Å². The molecule has 1 unspecified atom stereocenters. The molecule has 1 heterocycles. The number of hydrogen-bond donors (Lipinski definition) is 1. The first-order valence-electron chi connectivity index (χ1n) is 6.60. The third kappa shape index (κ3) is 3.38. The van der Waals surface area contributed by atoms with E-state index in [1.807, 2.05) is 41.2 Å². The first kappa shape index (κ1) is 15.0. The van der Waals surface area contributed by atoms with Crippen molar-refractivity contribution in [3.63, 3.8) is 0 Å². The van der Waals surface area contributed by atoms with Crippen molar-refractivity contribution >= 4 is 22.6 Å². The fourth-order valence-corrected chi connectivity index (χ4v) is 2.56. The Balaban J connectivity index is 2.35. The van der Waals surface area contributed by atoms with Crippen LogP contribution in [0.2, 0.25) is 0 Å². The predicted molar refractivity (Wildman–Crippen MR) is 87.0 cm³/mol. The molecular formula is C15H17IN4. The minimum absolute atomic E-state index is 0.497. The fraction of sp³-hybridized carbons (Fsp3) is 0.333. The maximum Gasteiger partial charge on any atom is 0.152 e. The Hall–Kier alpha value is -1.39. The number of rotatable bonds is 6. The predicted octanol–water partition coefficient (Wildman–Crippen LogP) is 2.91. The van der Waals surface area contributed by atoms with Gasteiger partial charge in [0, 0.05) is 6.20 Å². The van der Waals surface area contributed by atoms with Gasteiger partial charge in [0.2, 0.25) is 0 Å². The van der Waals surface area contributed by atoms with Crippen LogP contribution in [-0.2, 0) is 12.1 Å². The number of hydrogen-bond acceptors (Lipinski definition) is 3. The monoisotopic (exact) mass is 380 g/mol. The lowest BCUT2D eigenvalue weighted by atomic mass is 9.91. The molecule has 2 rings (SSSR count). The van der Waals surface area contributed by atoms with Gasteiger partial charge in [-0.25, -0.2) is 0 Å². The number of aromatic nitrogens is 2. The normalized spacial score (nSPS) is 13.7. The number of nitrogens with zero attached hydrogens (tertiary/aromatic N) is 3. The zero-order chi connectivity index (χ0) is 14.4. The SMILES string of the molecule is CCCNC(C#N)(Cn1cc(I)cn1)c1ccccc1. The van der Waals surface area contributed by atoms with E-state index in [4.69, 9.17) is 0 Å². The zero-order valence-electron chi connectivity index (χ0n) is 11.4. The number of nitriles is 1. The summed E-state index contributed by atoms with van der Waals surface area (Å²) in [6.45, 7) is 3.38. The van der Waals surface area contributed by atoms with Gasteiger partial charge in [0.25, 0.3) is 0 Å². The van der Waals surface area contributed by atoms with Gasteiger partial charge in [0.15, 0.2) is 5.54 Å². The summed E-state index contributed by atoms with van der Waals surface area (Å²) in [6, 6.07) is 12.3. The van der Waals surface area contributed by atoms with Crippen molar-refractivity contribution < 1.29 is 0 Å². The highest BCUT2D eigenvalue weighted by Crippen LogP contribution is 2.23. The van der Waals surface area contributed by atoms with Crippen molar-refractivity contribution in [2.45, 2.75) is 25.4 Å². The van der Waals surface area contributed by atoms with Crippen LogP contribution in [0.15, 0.2) is 42.7 Å². The van der Waals surface area contributed by atoms with Crippen molar-refractivity contribution in [2.24, 2.45) is 0 Å². The highest BCUT2D eigenvalue weighted by Gasteiger charge is 2.32. The van der Waals surface area contributed by atoms with Crippen LogP contribution in [0.5, 0.6) is 0 Å². The van der Waals surface area contributed by atoms with Crippen LogP contribution in [0.25, 0.3) is 0 Å². The van der Waals surface area contributed by atoms with Crippen molar-refractivity contribution in [1.29, 1.82) is 5.26 Å². The molecule has 5 heteroatoms. The van der Waals surface area contributed by atoms with E-state index in [2.05, 4.69) is 46.0 Å². The van der Waals surface area contributed by atoms with Gasteiger partial charge in [-0.2, -0.15) is 10.4 Å². The Morgan fingerprint density at radius 2 is 2.15 bits per heavy atom. The van der Waals surface area contributed by atoms with Crippen LogP contribution in [0.4, 0.5) is 0 Å². The molecule has 0 saturated carbocycles. The molecule has 1 aromatic heterocycles. The molecule has 0 fully saturated rings. The first-order chi connectivity index (χ1) is 9.70. The summed E-state index contributed by atoms with van der Waals surface area (Å²) in [5, 5.41) is 17.5. The largest absolute Gasteiger partial charge is 0.294 e. The van der Waals surface area contributed by atoms with E-state index in [1.54, 1.807) is 6.20 Å². The Morgan fingerprint density at radius 3 is 2.70 bits per heavy atom. The maximum absolute atomic E-state index is 9.77. The quantitative estimate of drug-likeness (QED) is 0.785. The van der Waals surface area contributed by atoms with E-state index in [-0.39, 0.29) is 0 Å². The van der Waals surface area contributed by atoms with Crippen LogP contribution >= 0.6 is 22.6 Å². The van der Waals surface area contributed by atoms with Crippen LogP contribution in [-0.4, -0.2) is 16.3 Å². The lowest BCUT2D eigenvalue weighted by Gasteiger charge is -2.28. The summed E-state index contributed by atoms with van der Waals surface area (Å²) in [5.41, 5.74) is 0.230. The van der Waals surface area contributed by atoms with Gasteiger partial charge in [0.1, 0.15) is 0 Å². The highest BCUT2D eigenvalue weighted by molar-refractivity contribution is 14.1. The standard InChI is InChI=1S/C15H17IN4/c1-2-8-18-15(11-17,13-6-4-3-5-7-13)12-20-10-14(16)9-19-20/h3-7,9-10,18H,2,8,12H2,1H3. The zero-order valence-corrected chi connectivity index (χ0v) is 13.5. The minimum atomic E-state index is -0.744. The average molecular weight is 380 g/mol. The summed E-state index contributed by atoms with van der Waals surface area (Å²) in [4.78, 5) is 0. The molecular weight excluding hydrogens is 363 g/mol. The smallest absolute Gasteiger partial charge is 0.152 e. The average Bonchev–Trinajstić information content (AvgIpc) is 2.89. The van der Waals surface area contributed by atoms with Gasteiger partial charge in [-0.05, 0) is 41.1 Å². The van der Waals surface area contributed by atoms with Gasteiger partial charge < -0.3 is 0 Å². The van der Waals surface area contributed by atoms with Crippen LogP contribution in [0, 0.1) is 14.9 Å². The number of nitrogens with one attached hydrogen (secondary N) is 1. The highest BCUT2D eigenvalue weighted by atomic mass is 127. The summed E-state index contributed by atoms with van der Waals surface area (Å²) in [6.07, 6.45) is 4.73. The van der Waals surface area contributed by atoms with E-state index in [0.717, 1.165) is 22.1 Å². The fourth-order valence-electron chi connectivity index (χ4n) is 2.12. The third-order valence-corrected chi connectivity index (χ3v) is 3.69. The second kappa shape index (κ2) is 6.86. The number of benzene rings is 1. The molecule has 0 aliphatic heterocycles. The summed E-state index contributed by atoms with van der Waals surface area (Å²) in [5.74, 6) is 0. The molecule has 0 spiro atoms. The lowest BCUT2D eigenvalue weighted by molar-refractivity contribution is 0.352. The summed E-state index contributed by atoms with van der Waals surface area (Å²) >= 11 is 2.22. The van der Waals surface area contributed by atoms with Crippen LogP contribution in [0.3, 0.4) is 0 Å². The van der Waals surface area contributed by atoms with Crippen molar-refractivity contribution in [1.82, 2.24) is 15.1 Å². The van der Waals surface area contributed by atoms with E-state index < -0.39 is 5.54 Å². The topological polar surface area (TPSA) is 53.6 Å². The molecule has 1 atom stereocenters. The molecule has 20 heavy (non-hydrogen) atoms. The molecule has 0 saturated heterocycles. The number of halogens is 1. The van der Waals surface area contributed by atoms with Crippen LogP contribution in [0.1, 0.15) is 18.9 Å². The molecule has 0 amide bonds. The van der Waals surface area contributed by atoms with E-state index in [1.165, 1.54) is 0 Å². The Labute approximate surface area is 132 Å². The second-order valence-corrected chi connectivity index (χ2v) is 5.91. The molecule has 1 aromatic carbocycles. The Kier molecular flexibility index (Phi) is 5.15. The van der Waals surface area contributed by atoms with Crippen molar-refractivity contribution in [3.05, 3.63) is 51.9 Å². The van der Waals surface area contributed by atoms with E-state index in [0.29, 0.717) is 6.54 Å². The molecule has 104 valence electrons. The minimum Gasteiger partial charge on any atom is -0.294 e.